The van der Waals surface area contributed by atoms with Gasteiger partial charge in [-0.05, 0) is 89.3 Å². The van der Waals surface area contributed by atoms with Crippen molar-refractivity contribution in [3.8, 4) is 0 Å². The number of unbranched alkanes of at least 4 members (excludes halogenated alkanes) is 21. The summed E-state index contributed by atoms with van der Waals surface area (Å²) >= 11 is 0. The molecular formula is C49H97NO4. The Balaban J connectivity index is 4.39. The number of nitrogens with zero attached hydrogens (tertiary/aromatic N) is 1. The molecule has 0 fully saturated rings. The molecule has 5 heteroatoms. The Kier molecular flexibility index (Phi) is 42.4. The summed E-state index contributed by atoms with van der Waals surface area (Å²) in [5.41, 5.74) is 0. The lowest BCUT2D eigenvalue weighted by molar-refractivity contribution is -0.145. The molecule has 0 radical (unpaired) electrons. The topological polar surface area (TPSA) is 66.8 Å². The number of esters is 1. The number of hydrogen-bond donors (Lipinski definition) is 1. The van der Waals surface area contributed by atoms with Gasteiger partial charge in [-0.1, -0.05) is 182 Å². The van der Waals surface area contributed by atoms with Crippen LogP contribution in [0.25, 0.3) is 0 Å². The molecule has 0 spiro atoms. The minimum atomic E-state index is -0.00819. The van der Waals surface area contributed by atoms with E-state index in [0.717, 1.165) is 96.2 Å². The van der Waals surface area contributed by atoms with Crippen molar-refractivity contribution in [3.63, 3.8) is 0 Å². The molecule has 0 heterocycles. The fraction of sp³-hybridized carbons (Fsp3) is 0.959. The fourth-order valence-corrected chi connectivity index (χ4v) is 8.06. The average molecular weight is 764 g/mol. The van der Waals surface area contributed by atoms with Crippen molar-refractivity contribution in [2.24, 2.45) is 11.8 Å². The number of aliphatic hydroxyl groups excluding tert-OH is 1. The average Bonchev–Trinajstić information content (AvgIpc) is 3.17. The van der Waals surface area contributed by atoms with E-state index < -0.39 is 0 Å². The maximum Gasteiger partial charge on any atom is 0.305 e. The van der Waals surface area contributed by atoms with Crippen LogP contribution in [-0.2, 0) is 14.3 Å². The van der Waals surface area contributed by atoms with Gasteiger partial charge in [-0.3, -0.25) is 9.59 Å². The van der Waals surface area contributed by atoms with E-state index in [4.69, 9.17) is 4.74 Å². The highest BCUT2D eigenvalue weighted by molar-refractivity contribution is 5.78. The smallest absolute Gasteiger partial charge is 0.305 e. The molecule has 0 aliphatic heterocycles. The van der Waals surface area contributed by atoms with Gasteiger partial charge in [-0.25, -0.2) is 0 Å². The van der Waals surface area contributed by atoms with Crippen LogP contribution in [0.1, 0.15) is 259 Å². The zero-order valence-corrected chi connectivity index (χ0v) is 37.3. The van der Waals surface area contributed by atoms with Crippen LogP contribution in [0.2, 0.25) is 0 Å². The van der Waals surface area contributed by atoms with Gasteiger partial charge in [0.2, 0.25) is 0 Å². The highest BCUT2D eigenvalue weighted by Gasteiger charge is 2.14. The number of Topliss-reactive ketones (excluding diaryl/α,β-unsaturated/α-hetero) is 1. The first-order valence-corrected chi connectivity index (χ1v) is 24.5. The van der Waals surface area contributed by atoms with Gasteiger partial charge >= 0.3 is 5.97 Å². The van der Waals surface area contributed by atoms with Crippen LogP contribution >= 0.6 is 0 Å². The number of aliphatic hydroxyl groups is 1. The zero-order chi connectivity index (χ0) is 39.6. The predicted molar refractivity (Wildman–Crippen MR) is 235 cm³/mol. The molecule has 2 atom stereocenters. The van der Waals surface area contributed by atoms with Crippen molar-refractivity contribution in [3.05, 3.63) is 0 Å². The number of ether oxygens (including phenoxy) is 1. The second-order valence-corrected chi connectivity index (χ2v) is 17.2. The second-order valence-electron chi connectivity index (χ2n) is 17.2. The van der Waals surface area contributed by atoms with Crippen LogP contribution < -0.4 is 0 Å². The third kappa shape index (κ3) is 38.0. The standard InChI is InChI=1S/C49H97NO4/c1-5-9-13-17-19-25-34-46(33-23-15-11-7-3)39-40-48(52)37-27-21-29-41-50(43-31-32-44-51)42-30-22-28-38-49(53)54-45-47(35-24-16-12-8-4)36-26-20-18-14-10-6-2/h46-47,51H,5-45H2,1-4H3. The normalized spacial score (nSPS) is 12.8. The lowest BCUT2D eigenvalue weighted by Crippen LogP contribution is -2.27. The van der Waals surface area contributed by atoms with Crippen LogP contribution in [-0.4, -0.2) is 54.6 Å². The Morgan fingerprint density at radius 1 is 0.426 bits per heavy atom. The Bertz CT molecular complexity index is 715. The molecule has 0 rings (SSSR count). The van der Waals surface area contributed by atoms with Crippen molar-refractivity contribution in [2.75, 3.05) is 32.8 Å². The molecular weight excluding hydrogens is 667 g/mol. The predicted octanol–water partition coefficient (Wildman–Crippen LogP) is 14.7. The number of carbonyl (C=O) groups is 2. The molecule has 0 amide bonds. The van der Waals surface area contributed by atoms with Crippen molar-refractivity contribution in [1.82, 2.24) is 4.90 Å². The van der Waals surface area contributed by atoms with Crippen molar-refractivity contribution in [2.45, 2.75) is 259 Å². The van der Waals surface area contributed by atoms with E-state index in [1.54, 1.807) is 0 Å². The third-order valence-electron chi connectivity index (χ3n) is 11.8. The number of rotatable bonds is 45. The van der Waals surface area contributed by atoms with Crippen LogP contribution in [0.3, 0.4) is 0 Å². The minimum absolute atomic E-state index is 0.00819. The summed E-state index contributed by atoms with van der Waals surface area (Å²) in [5.74, 6) is 1.74. The van der Waals surface area contributed by atoms with Gasteiger partial charge in [0.25, 0.3) is 0 Å². The molecule has 0 bridgehead atoms. The SMILES string of the molecule is CCCCCCCCC(CCCCCC)CCC(=O)CCCCCN(CCCCO)CCCCCC(=O)OCC(CCCCCC)CCCCCCCC. The molecule has 5 nitrogen and oxygen atoms in total. The summed E-state index contributed by atoms with van der Waals surface area (Å²) in [6.07, 6.45) is 42.9. The Morgan fingerprint density at radius 2 is 0.815 bits per heavy atom. The second kappa shape index (κ2) is 43.2. The number of ketones is 1. The van der Waals surface area contributed by atoms with Crippen LogP contribution in [0.5, 0.6) is 0 Å². The lowest BCUT2D eigenvalue weighted by atomic mass is 9.89. The number of carbonyl (C=O) groups excluding carboxylic acids is 2. The zero-order valence-electron chi connectivity index (χ0n) is 37.3. The van der Waals surface area contributed by atoms with Crippen molar-refractivity contribution < 1.29 is 19.4 Å². The molecule has 0 aliphatic carbocycles. The molecule has 1 N–H and O–H groups in total. The molecule has 0 saturated carbocycles. The van der Waals surface area contributed by atoms with Crippen LogP contribution in [0.4, 0.5) is 0 Å². The maximum atomic E-state index is 12.8. The summed E-state index contributed by atoms with van der Waals surface area (Å²) in [4.78, 5) is 28.0. The van der Waals surface area contributed by atoms with E-state index in [0.29, 0.717) is 24.7 Å². The molecule has 54 heavy (non-hydrogen) atoms. The number of hydrogen-bond acceptors (Lipinski definition) is 5. The molecule has 0 aromatic carbocycles. The van der Waals surface area contributed by atoms with E-state index in [2.05, 4.69) is 32.6 Å². The maximum absolute atomic E-state index is 12.8. The quantitative estimate of drug-likeness (QED) is 0.0494. The van der Waals surface area contributed by atoms with E-state index in [1.165, 1.54) is 154 Å². The van der Waals surface area contributed by atoms with Gasteiger partial charge in [0.15, 0.2) is 0 Å². The Labute approximate surface area is 338 Å². The van der Waals surface area contributed by atoms with Gasteiger partial charge in [0, 0.05) is 25.9 Å². The molecule has 0 saturated heterocycles. The van der Waals surface area contributed by atoms with Crippen LogP contribution in [0.15, 0.2) is 0 Å². The van der Waals surface area contributed by atoms with Crippen molar-refractivity contribution in [1.29, 1.82) is 0 Å². The van der Waals surface area contributed by atoms with Gasteiger partial charge in [0.1, 0.15) is 5.78 Å². The highest BCUT2D eigenvalue weighted by atomic mass is 16.5. The Hall–Kier alpha value is -0.940. The summed E-state index contributed by atoms with van der Waals surface area (Å²) < 4.78 is 5.83. The van der Waals surface area contributed by atoms with Gasteiger partial charge in [-0.2, -0.15) is 0 Å². The summed E-state index contributed by atoms with van der Waals surface area (Å²) in [7, 11) is 0. The molecule has 0 aromatic heterocycles. The van der Waals surface area contributed by atoms with Gasteiger partial charge in [0.05, 0.1) is 6.61 Å². The first-order valence-electron chi connectivity index (χ1n) is 24.5. The molecule has 322 valence electrons. The molecule has 0 aliphatic rings. The third-order valence-corrected chi connectivity index (χ3v) is 11.8. The summed E-state index contributed by atoms with van der Waals surface area (Å²) in [6, 6.07) is 0. The summed E-state index contributed by atoms with van der Waals surface area (Å²) in [5, 5.41) is 9.33. The van der Waals surface area contributed by atoms with Gasteiger partial charge < -0.3 is 14.7 Å². The lowest BCUT2D eigenvalue weighted by Gasteiger charge is -2.22. The summed E-state index contributed by atoms with van der Waals surface area (Å²) in [6.45, 7) is 13.1. The van der Waals surface area contributed by atoms with E-state index in [-0.39, 0.29) is 12.6 Å². The molecule has 0 aromatic rings. The van der Waals surface area contributed by atoms with E-state index >= 15 is 0 Å². The van der Waals surface area contributed by atoms with E-state index in [9.17, 15) is 14.7 Å². The van der Waals surface area contributed by atoms with Crippen molar-refractivity contribution >= 4 is 11.8 Å². The van der Waals surface area contributed by atoms with Crippen LogP contribution in [0, 0.1) is 11.8 Å². The Morgan fingerprint density at radius 3 is 1.30 bits per heavy atom. The minimum Gasteiger partial charge on any atom is -0.465 e. The first kappa shape index (κ1) is 53.1. The largest absolute Gasteiger partial charge is 0.465 e. The van der Waals surface area contributed by atoms with E-state index in [1.807, 2.05) is 0 Å². The first-order chi connectivity index (χ1) is 26.5. The molecule has 2 unspecified atom stereocenters. The highest BCUT2D eigenvalue weighted by Crippen LogP contribution is 2.24. The van der Waals surface area contributed by atoms with Gasteiger partial charge in [-0.15, -0.1) is 0 Å². The fourth-order valence-electron chi connectivity index (χ4n) is 8.06. The monoisotopic (exact) mass is 764 g/mol.